The molecule has 0 radical (unpaired) electrons. The fourth-order valence-corrected chi connectivity index (χ4v) is 4.58. The van der Waals surface area contributed by atoms with Crippen LogP contribution in [0.4, 0.5) is 0 Å². The topological polar surface area (TPSA) is 0 Å². The summed E-state index contributed by atoms with van der Waals surface area (Å²) in [5.74, 6) is 2.39. The van der Waals surface area contributed by atoms with E-state index in [0.29, 0.717) is 0 Å². The van der Waals surface area contributed by atoms with E-state index in [1.165, 1.54) is 62.9 Å². The highest BCUT2D eigenvalue weighted by molar-refractivity contribution is 7.98. The lowest BCUT2D eigenvalue weighted by atomic mass is 9.96. The Morgan fingerprint density at radius 3 is 2.24 bits per heavy atom. The summed E-state index contributed by atoms with van der Waals surface area (Å²) in [4.78, 5) is 0. The normalized spacial score (nSPS) is 11.6. The summed E-state index contributed by atoms with van der Waals surface area (Å²) < 4.78 is 0. The molecule has 0 bridgehead atoms. The molecule has 0 saturated heterocycles. The largest absolute Gasteiger partial charge is 0.157 e. The van der Waals surface area contributed by atoms with E-state index >= 15 is 0 Å². The lowest BCUT2D eigenvalue weighted by molar-refractivity contribution is 0.778. The molecule has 0 unspecified atom stereocenters. The van der Waals surface area contributed by atoms with Gasteiger partial charge in [0.05, 0.1) is 0 Å². The third-order valence-corrected chi connectivity index (χ3v) is 6.08. The molecule has 0 aliphatic heterocycles. The smallest absolute Gasteiger partial charge is 0.0184 e. The molecule has 1 heteroatoms. The van der Waals surface area contributed by atoms with Crippen LogP contribution in [-0.4, -0.2) is 5.75 Å². The number of hydrogen-bond acceptors (Lipinski definition) is 1. The number of unbranched alkanes of at least 4 members (excludes halogenated alkanes) is 2. The highest BCUT2D eigenvalue weighted by atomic mass is 32.2. The van der Waals surface area contributed by atoms with E-state index in [2.05, 4.69) is 85.4 Å². The molecule has 0 fully saturated rings. The van der Waals surface area contributed by atoms with Gasteiger partial charge < -0.3 is 0 Å². The SMILES string of the molecule is CCCCCSCc1ccc2c(ccc3c4ccccc4ccc23)c1. The summed E-state index contributed by atoms with van der Waals surface area (Å²) in [5, 5.41) is 8.09. The quantitative estimate of drug-likeness (QED) is 0.257. The zero-order chi connectivity index (χ0) is 17.1. The van der Waals surface area contributed by atoms with Gasteiger partial charge in [-0.25, -0.2) is 0 Å². The first-order chi connectivity index (χ1) is 12.4. The molecule has 0 aliphatic rings. The Balaban J connectivity index is 1.67. The Morgan fingerprint density at radius 2 is 1.40 bits per heavy atom. The zero-order valence-corrected chi connectivity index (χ0v) is 15.6. The molecule has 126 valence electrons. The van der Waals surface area contributed by atoms with Gasteiger partial charge in [0, 0.05) is 5.75 Å². The van der Waals surface area contributed by atoms with Crippen molar-refractivity contribution >= 4 is 44.1 Å². The summed E-state index contributed by atoms with van der Waals surface area (Å²) in [6.07, 6.45) is 4.00. The fourth-order valence-electron chi connectivity index (χ4n) is 3.61. The first kappa shape index (κ1) is 16.5. The van der Waals surface area contributed by atoms with Crippen LogP contribution in [0, 0.1) is 0 Å². The van der Waals surface area contributed by atoms with Crippen molar-refractivity contribution in [1.82, 2.24) is 0 Å². The summed E-state index contributed by atoms with van der Waals surface area (Å²) >= 11 is 2.06. The second-order valence-corrected chi connectivity index (χ2v) is 7.87. The molecule has 0 spiro atoms. The Hall–Kier alpha value is -1.99. The lowest BCUT2D eigenvalue weighted by Crippen LogP contribution is -1.86. The Morgan fingerprint density at radius 1 is 0.680 bits per heavy atom. The number of thioether (sulfide) groups is 1. The van der Waals surface area contributed by atoms with Crippen LogP contribution >= 0.6 is 11.8 Å². The Bertz CT molecular complexity index is 1020. The molecule has 0 N–H and O–H groups in total. The molecule has 4 aromatic carbocycles. The molecule has 0 amide bonds. The van der Waals surface area contributed by atoms with Gasteiger partial charge in [-0.05, 0) is 50.1 Å². The average Bonchev–Trinajstić information content (AvgIpc) is 2.67. The molecule has 4 rings (SSSR count). The van der Waals surface area contributed by atoms with Crippen molar-refractivity contribution in [2.24, 2.45) is 0 Å². The highest BCUT2D eigenvalue weighted by Gasteiger charge is 2.05. The minimum Gasteiger partial charge on any atom is -0.157 e. The number of fused-ring (bicyclic) bond motifs is 5. The number of hydrogen-bond donors (Lipinski definition) is 0. The molecule has 0 aliphatic carbocycles. The Kier molecular flexibility index (Phi) is 4.94. The predicted octanol–water partition coefficient (Wildman–Crippen LogP) is 7.57. The van der Waals surface area contributed by atoms with Gasteiger partial charge in [-0.1, -0.05) is 86.5 Å². The van der Waals surface area contributed by atoms with Crippen LogP contribution in [0.2, 0.25) is 0 Å². The van der Waals surface area contributed by atoms with Crippen LogP contribution in [0.15, 0.2) is 66.7 Å². The summed E-state index contributed by atoms with van der Waals surface area (Å²) in [6.45, 7) is 2.27. The van der Waals surface area contributed by atoms with Crippen molar-refractivity contribution in [1.29, 1.82) is 0 Å². The molecule has 0 heterocycles. The standard InChI is InChI=1S/C24H24S/c1-2-3-6-15-25-17-18-9-12-22-20(16-18)11-14-23-21-8-5-4-7-19(21)10-13-24(22)23/h4-5,7-14,16H,2-3,6,15,17H2,1H3. The number of rotatable bonds is 6. The zero-order valence-electron chi connectivity index (χ0n) is 14.8. The fraction of sp³-hybridized carbons (Fsp3) is 0.250. The lowest BCUT2D eigenvalue weighted by Gasteiger charge is -2.09. The van der Waals surface area contributed by atoms with Crippen LogP contribution < -0.4 is 0 Å². The minimum absolute atomic E-state index is 1.12. The van der Waals surface area contributed by atoms with E-state index in [1.54, 1.807) is 0 Å². The van der Waals surface area contributed by atoms with E-state index in [-0.39, 0.29) is 0 Å². The van der Waals surface area contributed by atoms with Gasteiger partial charge in [0.2, 0.25) is 0 Å². The van der Waals surface area contributed by atoms with Crippen molar-refractivity contribution in [2.45, 2.75) is 31.9 Å². The Labute approximate surface area is 154 Å². The minimum atomic E-state index is 1.12. The molecule has 25 heavy (non-hydrogen) atoms. The third kappa shape index (κ3) is 3.39. The third-order valence-electron chi connectivity index (χ3n) is 4.97. The van der Waals surface area contributed by atoms with Crippen LogP contribution in [0.1, 0.15) is 31.7 Å². The molecule has 0 atom stereocenters. The maximum atomic E-state index is 2.37. The van der Waals surface area contributed by atoms with Gasteiger partial charge in [0.15, 0.2) is 0 Å². The summed E-state index contributed by atoms with van der Waals surface area (Å²) in [5.41, 5.74) is 1.44. The molecule has 0 aromatic heterocycles. The van der Waals surface area contributed by atoms with Crippen LogP contribution in [0.25, 0.3) is 32.3 Å². The second kappa shape index (κ2) is 7.49. The average molecular weight is 345 g/mol. The van der Waals surface area contributed by atoms with E-state index in [0.717, 1.165) is 5.75 Å². The van der Waals surface area contributed by atoms with Crippen molar-refractivity contribution in [2.75, 3.05) is 5.75 Å². The van der Waals surface area contributed by atoms with E-state index in [1.807, 2.05) is 0 Å². The molecule has 0 nitrogen and oxygen atoms in total. The molecular weight excluding hydrogens is 320 g/mol. The van der Waals surface area contributed by atoms with Crippen LogP contribution in [0.3, 0.4) is 0 Å². The van der Waals surface area contributed by atoms with Crippen LogP contribution in [-0.2, 0) is 5.75 Å². The van der Waals surface area contributed by atoms with Gasteiger partial charge in [-0.2, -0.15) is 11.8 Å². The highest BCUT2D eigenvalue weighted by Crippen LogP contribution is 2.32. The molecular formula is C24H24S. The predicted molar refractivity (Wildman–Crippen MR) is 115 cm³/mol. The van der Waals surface area contributed by atoms with Crippen LogP contribution in [0.5, 0.6) is 0 Å². The summed E-state index contributed by atoms with van der Waals surface area (Å²) in [7, 11) is 0. The van der Waals surface area contributed by atoms with Crippen molar-refractivity contribution in [3.8, 4) is 0 Å². The van der Waals surface area contributed by atoms with E-state index < -0.39 is 0 Å². The number of benzene rings is 4. The second-order valence-electron chi connectivity index (χ2n) is 6.76. The van der Waals surface area contributed by atoms with Crippen molar-refractivity contribution in [3.63, 3.8) is 0 Å². The summed E-state index contributed by atoms with van der Waals surface area (Å²) in [6, 6.07) is 24.8. The van der Waals surface area contributed by atoms with Gasteiger partial charge in [-0.15, -0.1) is 0 Å². The maximum absolute atomic E-state index is 2.37. The van der Waals surface area contributed by atoms with Gasteiger partial charge in [0.25, 0.3) is 0 Å². The molecule has 0 saturated carbocycles. The maximum Gasteiger partial charge on any atom is 0.0184 e. The van der Waals surface area contributed by atoms with Gasteiger partial charge in [-0.3, -0.25) is 0 Å². The first-order valence-corrected chi connectivity index (χ1v) is 10.4. The van der Waals surface area contributed by atoms with Crippen molar-refractivity contribution < 1.29 is 0 Å². The molecule has 4 aromatic rings. The van der Waals surface area contributed by atoms with Crippen molar-refractivity contribution in [3.05, 3.63) is 72.3 Å². The van der Waals surface area contributed by atoms with Gasteiger partial charge >= 0.3 is 0 Å². The monoisotopic (exact) mass is 344 g/mol. The van der Waals surface area contributed by atoms with Gasteiger partial charge in [0.1, 0.15) is 0 Å². The van der Waals surface area contributed by atoms with E-state index in [4.69, 9.17) is 0 Å². The van der Waals surface area contributed by atoms with E-state index in [9.17, 15) is 0 Å². The first-order valence-electron chi connectivity index (χ1n) is 9.27.